The third-order valence-corrected chi connectivity index (χ3v) is 4.33. The Balaban J connectivity index is 1.93. The van der Waals surface area contributed by atoms with Crippen LogP contribution in [0.2, 0.25) is 0 Å². The van der Waals surface area contributed by atoms with E-state index in [-0.39, 0.29) is 0 Å². The van der Waals surface area contributed by atoms with E-state index in [4.69, 9.17) is 0 Å². The van der Waals surface area contributed by atoms with E-state index >= 15 is 0 Å². The first-order valence-electron chi connectivity index (χ1n) is 7.09. The van der Waals surface area contributed by atoms with Crippen LogP contribution in [-0.4, -0.2) is 0 Å². The molecule has 0 saturated carbocycles. The van der Waals surface area contributed by atoms with E-state index in [2.05, 4.69) is 36.4 Å². The molecular weight excluding hydrogens is 216 g/mol. The fourth-order valence-electron chi connectivity index (χ4n) is 3.41. The summed E-state index contributed by atoms with van der Waals surface area (Å²) in [6.07, 6.45) is 7.19. The van der Waals surface area contributed by atoms with Gasteiger partial charge >= 0.3 is 0 Å². The highest BCUT2D eigenvalue weighted by Crippen LogP contribution is 2.23. The molecule has 0 unspecified atom stereocenters. The molecule has 2 aromatic carbocycles. The van der Waals surface area contributed by atoms with Crippen LogP contribution in [0, 0.1) is 0 Å². The number of aryl methyl sites for hydroxylation is 6. The van der Waals surface area contributed by atoms with Gasteiger partial charge in [0.15, 0.2) is 0 Å². The second kappa shape index (κ2) is 3.98. The highest BCUT2D eigenvalue weighted by atomic mass is 14.2. The van der Waals surface area contributed by atoms with Gasteiger partial charge in [-0.15, -0.1) is 0 Å². The van der Waals surface area contributed by atoms with Gasteiger partial charge in [-0.3, -0.25) is 0 Å². The molecule has 0 atom stereocenters. The van der Waals surface area contributed by atoms with Gasteiger partial charge in [0.2, 0.25) is 0 Å². The third kappa shape index (κ3) is 1.86. The topological polar surface area (TPSA) is 0 Å². The second-order valence-electron chi connectivity index (χ2n) is 5.82. The summed E-state index contributed by atoms with van der Waals surface area (Å²) in [5.41, 5.74) is 9.24. The maximum absolute atomic E-state index is 2.43. The van der Waals surface area contributed by atoms with E-state index in [1.54, 1.807) is 33.4 Å². The Bertz CT molecular complexity index is 441. The zero-order valence-electron chi connectivity index (χ0n) is 10.7. The minimum absolute atomic E-state index is 1.20. The molecule has 0 aliphatic heterocycles. The lowest BCUT2D eigenvalue weighted by Crippen LogP contribution is -2.06. The fourth-order valence-corrected chi connectivity index (χ4v) is 3.41. The van der Waals surface area contributed by atoms with Crippen LogP contribution in [0.15, 0.2) is 36.4 Å². The standard InChI is InChI=1S/C18H18/c1-2-14-9-17-5-3-15-7-13(1)8-16(11-15)4-6-18(10-14)12-17/h7-12H,1-6H2. The Labute approximate surface area is 109 Å². The number of rotatable bonds is 0. The van der Waals surface area contributed by atoms with Crippen LogP contribution in [0.1, 0.15) is 33.4 Å². The van der Waals surface area contributed by atoms with Gasteiger partial charge in [0, 0.05) is 0 Å². The molecule has 0 spiro atoms. The molecule has 0 N–H and O–H groups in total. The Morgan fingerprint density at radius 1 is 0.333 bits per heavy atom. The Kier molecular flexibility index (Phi) is 2.29. The van der Waals surface area contributed by atoms with Gasteiger partial charge in [0.25, 0.3) is 0 Å². The van der Waals surface area contributed by atoms with E-state index < -0.39 is 0 Å². The largest absolute Gasteiger partial charge is 0.0558 e. The van der Waals surface area contributed by atoms with E-state index in [9.17, 15) is 0 Å². The van der Waals surface area contributed by atoms with Gasteiger partial charge in [-0.05, 0) is 71.9 Å². The predicted molar refractivity (Wildman–Crippen MR) is 75.1 cm³/mol. The summed E-state index contributed by atoms with van der Waals surface area (Å²) >= 11 is 0. The van der Waals surface area contributed by atoms with Crippen LogP contribution in [0.25, 0.3) is 0 Å². The van der Waals surface area contributed by atoms with E-state index in [0.29, 0.717) is 0 Å². The molecule has 6 bridgehead atoms. The molecule has 0 heterocycles. The smallest absolute Gasteiger partial charge is 0.0238 e. The van der Waals surface area contributed by atoms with Gasteiger partial charge in [-0.2, -0.15) is 0 Å². The fraction of sp³-hybridized carbons (Fsp3) is 0.333. The lowest BCUT2D eigenvalue weighted by molar-refractivity contribution is 0.857. The van der Waals surface area contributed by atoms with Crippen molar-refractivity contribution in [3.8, 4) is 0 Å². The monoisotopic (exact) mass is 234 g/mol. The van der Waals surface area contributed by atoms with Crippen molar-refractivity contribution in [3.63, 3.8) is 0 Å². The van der Waals surface area contributed by atoms with E-state index in [0.717, 1.165) is 0 Å². The Morgan fingerprint density at radius 3 is 0.667 bits per heavy atom. The molecular formula is C18H18. The van der Waals surface area contributed by atoms with Gasteiger partial charge < -0.3 is 0 Å². The van der Waals surface area contributed by atoms with Crippen molar-refractivity contribution < 1.29 is 0 Å². The van der Waals surface area contributed by atoms with Crippen molar-refractivity contribution in [2.24, 2.45) is 0 Å². The number of hydrogen-bond acceptors (Lipinski definition) is 0. The molecule has 0 aromatic heterocycles. The Morgan fingerprint density at radius 2 is 0.500 bits per heavy atom. The third-order valence-electron chi connectivity index (χ3n) is 4.33. The van der Waals surface area contributed by atoms with Crippen LogP contribution in [0.3, 0.4) is 0 Å². The molecule has 3 aliphatic rings. The van der Waals surface area contributed by atoms with Gasteiger partial charge in [0.05, 0.1) is 0 Å². The number of fused-ring (bicyclic) bond motifs is 3. The number of benzene rings is 2. The van der Waals surface area contributed by atoms with Gasteiger partial charge in [-0.25, -0.2) is 0 Å². The van der Waals surface area contributed by atoms with Crippen LogP contribution < -0.4 is 0 Å². The highest BCUT2D eigenvalue weighted by molar-refractivity contribution is 5.38. The summed E-state index contributed by atoms with van der Waals surface area (Å²) in [5.74, 6) is 0. The molecule has 0 fully saturated rings. The van der Waals surface area contributed by atoms with Crippen LogP contribution in [0.4, 0.5) is 0 Å². The molecule has 18 heavy (non-hydrogen) atoms. The summed E-state index contributed by atoms with van der Waals surface area (Å²) < 4.78 is 0. The molecule has 0 amide bonds. The van der Waals surface area contributed by atoms with Crippen molar-refractivity contribution >= 4 is 0 Å². The molecule has 2 aromatic rings. The molecule has 90 valence electrons. The average molecular weight is 234 g/mol. The SMILES string of the molecule is c1c2cc3cc1CCc1cc(cc(c1)CC3)CC2. The van der Waals surface area contributed by atoms with Crippen molar-refractivity contribution in [3.05, 3.63) is 69.8 Å². The summed E-state index contributed by atoms with van der Waals surface area (Å²) in [4.78, 5) is 0. The summed E-state index contributed by atoms with van der Waals surface area (Å²) in [5, 5.41) is 0. The summed E-state index contributed by atoms with van der Waals surface area (Å²) in [7, 11) is 0. The molecule has 3 aliphatic carbocycles. The zero-order chi connectivity index (χ0) is 11.9. The maximum atomic E-state index is 2.43. The van der Waals surface area contributed by atoms with Gasteiger partial charge in [-0.1, -0.05) is 36.4 Å². The molecule has 0 nitrogen and oxygen atoms in total. The van der Waals surface area contributed by atoms with Crippen LogP contribution in [0.5, 0.6) is 0 Å². The number of hydrogen-bond donors (Lipinski definition) is 0. The van der Waals surface area contributed by atoms with Crippen molar-refractivity contribution in [1.29, 1.82) is 0 Å². The lowest BCUT2D eigenvalue weighted by atomic mass is 9.88. The first-order valence-corrected chi connectivity index (χ1v) is 7.09. The van der Waals surface area contributed by atoms with Crippen molar-refractivity contribution in [2.45, 2.75) is 38.5 Å². The highest BCUT2D eigenvalue weighted by Gasteiger charge is 2.11. The first kappa shape index (κ1) is 10.4. The van der Waals surface area contributed by atoms with Crippen LogP contribution in [-0.2, 0) is 38.5 Å². The van der Waals surface area contributed by atoms with Crippen molar-refractivity contribution in [1.82, 2.24) is 0 Å². The summed E-state index contributed by atoms with van der Waals surface area (Å²) in [6.45, 7) is 0. The average Bonchev–Trinajstić information content (AvgIpc) is 2.39. The minimum Gasteiger partial charge on any atom is -0.0558 e. The maximum Gasteiger partial charge on any atom is -0.0238 e. The Hall–Kier alpha value is -1.56. The first-order chi connectivity index (χ1) is 8.85. The molecule has 5 rings (SSSR count). The van der Waals surface area contributed by atoms with Crippen LogP contribution >= 0.6 is 0 Å². The van der Waals surface area contributed by atoms with Gasteiger partial charge in [0.1, 0.15) is 0 Å². The second-order valence-corrected chi connectivity index (χ2v) is 5.82. The predicted octanol–water partition coefficient (Wildman–Crippen LogP) is 3.67. The zero-order valence-corrected chi connectivity index (χ0v) is 10.7. The molecule has 0 radical (unpaired) electrons. The normalized spacial score (nSPS) is 16.7. The van der Waals surface area contributed by atoms with Crippen molar-refractivity contribution in [2.75, 3.05) is 0 Å². The quantitative estimate of drug-likeness (QED) is 0.652. The van der Waals surface area contributed by atoms with E-state index in [1.165, 1.54) is 38.5 Å². The molecule has 0 saturated heterocycles. The minimum atomic E-state index is 1.20. The lowest BCUT2D eigenvalue weighted by Gasteiger charge is -2.17. The summed E-state index contributed by atoms with van der Waals surface area (Å²) in [6, 6.07) is 14.6. The molecule has 0 heteroatoms. The van der Waals surface area contributed by atoms with E-state index in [1.807, 2.05) is 0 Å².